The lowest BCUT2D eigenvalue weighted by atomic mass is 10.2. The molecule has 0 bridgehead atoms. The summed E-state index contributed by atoms with van der Waals surface area (Å²) in [5.74, 6) is -0.159. The highest BCUT2D eigenvalue weighted by molar-refractivity contribution is 7.17. The number of nitrogens with one attached hydrogen (secondary N) is 1. The average Bonchev–Trinajstić information content (AvgIpc) is 3.02. The predicted molar refractivity (Wildman–Crippen MR) is 87.6 cm³/mol. The standard InChI is InChI=1S/C15H21ClN2O3S/c1-15(2,3)21-14(20)18-8-4-5-10(18)9-17-13(19)11-6-7-12(16)22-11/h6-7,10H,4-5,8-9H2,1-3H3,(H,17,19). The molecular weight excluding hydrogens is 324 g/mol. The van der Waals surface area contributed by atoms with Gasteiger partial charge >= 0.3 is 6.09 Å². The highest BCUT2D eigenvalue weighted by atomic mass is 35.5. The van der Waals surface area contributed by atoms with Crippen LogP contribution in [-0.4, -0.2) is 41.6 Å². The average molecular weight is 345 g/mol. The van der Waals surface area contributed by atoms with Gasteiger partial charge in [-0.3, -0.25) is 4.79 Å². The van der Waals surface area contributed by atoms with Gasteiger partial charge in [0, 0.05) is 13.1 Å². The fourth-order valence-corrected chi connectivity index (χ4v) is 3.30. The molecule has 2 heterocycles. The molecule has 1 N–H and O–H groups in total. The number of hydrogen-bond acceptors (Lipinski definition) is 4. The summed E-state index contributed by atoms with van der Waals surface area (Å²) in [5, 5.41) is 2.87. The summed E-state index contributed by atoms with van der Waals surface area (Å²) in [6.07, 6.45) is 1.47. The Bertz CT molecular complexity index is 553. The van der Waals surface area contributed by atoms with Crippen molar-refractivity contribution in [2.45, 2.75) is 45.3 Å². The first-order valence-corrected chi connectivity index (χ1v) is 8.49. The van der Waals surface area contributed by atoms with E-state index in [4.69, 9.17) is 16.3 Å². The Morgan fingerprint density at radius 1 is 1.45 bits per heavy atom. The molecule has 7 heteroatoms. The van der Waals surface area contributed by atoms with Crippen LogP contribution in [-0.2, 0) is 4.74 Å². The van der Waals surface area contributed by atoms with E-state index in [1.54, 1.807) is 17.0 Å². The monoisotopic (exact) mass is 344 g/mol. The first kappa shape index (κ1) is 17.1. The fraction of sp³-hybridized carbons (Fsp3) is 0.600. The number of halogens is 1. The van der Waals surface area contributed by atoms with Crippen LogP contribution in [0.15, 0.2) is 12.1 Å². The zero-order chi connectivity index (χ0) is 16.3. The Labute approximate surface area is 139 Å². The number of likely N-dealkylation sites (tertiary alicyclic amines) is 1. The predicted octanol–water partition coefficient (Wildman–Crippen LogP) is 3.53. The molecule has 1 aliphatic rings. The Kier molecular flexibility index (Phi) is 5.34. The lowest BCUT2D eigenvalue weighted by Crippen LogP contribution is -2.45. The van der Waals surface area contributed by atoms with Crippen molar-refractivity contribution in [1.29, 1.82) is 0 Å². The van der Waals surface area contributed by atoms with Gasteiger partial charge in [-0.25, -0.2) is 4.79 Å². The van der Waals surface area contributed by atoms with Crippen molar-refractivity contribution in [3.05, 3.63) is 21.3 Å². The first-order valence-electron chi connectivity index (χ1n) is 7.29. The van der Waals surface area contributed by atoms with Crippen molar-refractivity contribution in [2.24, 2.45) is 0 Å². The molecule has 122 valence electrons. The van der Waals surface area contributed by atoms with Crippen molar-refractivity contribution < 1.29 is 14.3 Å². The maximum absolute atomic E-state index is 12.2. The number of thiophene rings is 1. The van der Waals surface area contributed by atoms with Crippen LogP contribution in [0.4, 0.5) is 4.79 Å². The molecule has 0 saturated carbocycles. The van der Waals surface area contributed by atoms with Crippen LogP contribution in [0.3, 0.4) is 0 Å². The maximum Gasteiger partial charge on any atom is 0.410 e. The van der Waals surface area contributed by atoms with Gasteiger partial charge in [-0.2, -0.15) is 0 Å². The largest absolute Gasteiger partial charge is 0.444 e. The molecule has 0 aromatic carbocycles. The van der Waals surface area contributed by atoms with Gasteiger partial charge in [-0.15, -0.1) is 11.3 Å². The molecule has 1 saturated heterocycles. The van der Waals surface area contributed by atoms with E-state index in [1.165, 1.54) is 11.3 Å². The second-order valence-electron chi connectivity index (χ2n) is 6.28. The minimum absolute atomic E-state index is 0.0192. The second kappa shape index (κ2) is 6.87. The molecule has 1 aliphatic heterocycles. The number of nitrogens with zero attached hydrogens (tertiary/aromatic N) is 1. The minimum Gasteiger partial charge on any atom is -0.444 e. The first-order chi connectivity index (χ1) is 10.3. The SMILES string of the molecule is CC(C)(C)OC(=O)N1CCCC1CNC(=O)c1ccc(Cl)s1. The normalized spacial score (nSPS) is 18.4. The van der Waals surface area contributed by atoms with Crippen LogP contribution in [0.5, 0.6) is 0 Å². The van der Waals surface area contributed by atoms with Crippen LogP contribution < -0.4 is 5.32 Å². The van der Waals surface area contributed by atoms with Crippen LogP contribution in [0.25, 0.3) is 0 Å². The van der Waals surface area contributed by atoms with Crippen LogP contribution in [0.1, 0.15) is 43.3 Å². The molecule has 1 unspecified atom stereocenters. The van der Waals surface area contributed by atoms with E-state index in [0.29, 0.717) is 22.3 Å². The molecule has 2 rings (SSSR count). The van der Waals surface area contributed by atoms with Gasteiger partial charge in [0.2, 0.25) is 0 Å². The molecule has 1 atom stereocenters. The summed E-state index contributed by atoms with van der Waals surface area (Å²) < 4.78 is 5.99. The zero-order valence-corrected chi connectivity index (χ0v) is 14.6. The van der Waals surface area contributed by atoms with Gasteiger partial charge < -0.3 is 15.0 Å². The van der Waals surface area contributed by atoms with Crippen molar-refractivity contribution >= 4 is 34.9 Å². The molecule has 1 aromatic rings. The Morgan fingerprint density at radius 2 is 2.18 bits per heavy atom. The van der Waals surface area contributed by atoms with Crippen molar-refractivity contribution in [2.75, 3.05) is 13.1 Å². The summed E-state index contributed by atoms with van der Waals surface area (Å²) >= 11 is 7.07. The van der Waals surface area contributed by atoms with Crippen molar-refractivity contribution in [1.82, 2.24) is 10.2 Å². The quantitative estimate of drug-likeness (QED) is 0.912. The van der Waals surface area contributed by atoms with Crippen LogP contribution in [0.2, 0.25) is 4.34 Å². The fourth-order valence-electron chi connectivity index (χ4n) is 2.34. The number of ether oxygens (including phenoxy) is 1. The molecule has 1 aromatic heterocycles. The topological polar surface area (TPSA) is 58.6 Å². The molecule has 5 nitrogen and oxygen atoms in total. The molecule has 0 spiro atoms. The van der Waals surface area contributed by atoms with Crippen LogP contribution >= 0.6 is 22.9 Å². The third kappa shape index (κ3) is 4.61. The lowest BCUT2D eigenvalue weighted by molar-refractivity contribution is 0.0225. The molecular formula is C15H21ClN2O3S. The van der Waals surface area contributed by atoms with Gasteiger partial charge in [0.1, 0.15) is 5.60 Å². The highest BCUT2D eigenvalue weighted by Crippen LogP contribution is 2.22. The van der Waals surface area contributed by atoms with Crippen molar-refractivity contribution in [3.8, 4) is 0 Å². The molecule has 0 aliphatic carbocycles. The Hall–Kier alpha value is -1.27. The highest BCUT2D eigenvalue weighted by Gasteiger charge is 2.32. The Balaban J connectivity index is 1.89. The third-order valence-corrected chi connectivity index (χ3v) is 4.53. The molecule has 1 fully saturated rings. The number of amides is 2. The van der Waals surface area contributed by atoms with E-state index in [0.717, 1.165) is 12.8 Å². The maximum atomic E-state index is 12.2. The van der Waals surface area contributed by atoms with E-state index in [-0.39, 0.29) is 18.0 Å². The van der Waals surface area contributed by atoms with E-state index in [1.807, 2.05) is 20.8 Å². The molecule has 2 amide bonds. The smallest absolute Gasteiger partial charge is 0.410 e. The summed E-state index contributed by atoms with van der Waals surface area (Å²) in [6, 6.07) is 3.38. The third-order valence-electron chi connectivity index (χ3n) is 3.30. The van der Waals surface area contributed by atoms with E-state index < -0.39 is 5.60 Å². The lowest BCUT2D eigenvalue weighted by Gasteiger charge is -2.28. The summed E-state index contributed by atoms with van der Waals surface area (Å²) in [4.78, 5) is 26.5. The van der Waals surface area contributed by atoms with Gasteiger partial charge in [-0.05, 0) is 45.7 Å². The number of hydrogen-bond donors (Lipinski definition) is 1. The molecule has 0 radical (unpaired) electrons. The summed E-state index contributed by atoms with van der Waals surface area (Å²) in [5.41, 5.74) is -0.513. The van der Waals surface area contributed by atoms with Gasteiger partial charge in [0.15, 0.2) is 0 Å². The number of carbonyl (C=O) groups excluding carboxylic acids is 2. The second-order valence-corrected chi connectivity index (χ2v) is 8.00. The number of carbonyl (C=O) groups is 2. The van der Waals surface area contributed by atoms with Crippen LogP contribution in [0, 0.1) is 0 Å². The summed E-state index contributed by atoms with van der Waals surface area (Å²) in [7, 11) is 0. The van der Waals surface area contributed by atoms with Gasteiger partial charge in [0.25, 0.3) is 5.91 Å². The van der Waals surface area contributed by atoms with E-state index >= 15 is 0 Å². The molecule has 22 heavy (non-hydrogen) atoms. The van der Waals surface area contributed by atoms with E-state index in [2.05, 4.69) is 5.32 Å². The van der Waals surface area contributed by atoms with Crippen molar-refractivity contribution in [3.63, 3.8) is 0 Å². The minimum atomic E-state index is -0.513. The summed E-state index contributed by atoms with van der Waals surface area (Å²) in [6.45, 7) is 6.63. The Morgan fingerprint density at radius 3 is 2.77 bits per heavy atom. The van der Waals surface area contributed by atoms with E-state index in [9.17, 15) is 9.59 Å². The van der Waals surface area contributed by atoms with Gasteiger partial charge in [0.05, 0.1) is 15.3 Å². The number of rotatable bonds is 3. The zero-order valence-electron chi connectivity index (χ0n) is 13.0. The van der Waals surface area contributed by atoms with Gasteiger partial charge in [-0.1, -0.05) is 11.6 Å².